The zero-order valence-corrected chi connectivity index (χ0v) is 14.1. The van der Waals surface area contributed by atoms with Gasteiger partial charge in [0.05, 0.1) is 6.54 Å². The maximum Gasteiger partial charge on any atom is 0.244 e. The molecule has 24 heavy (non-hydrogen) atoms. The second-order valence-corrected chi connectivity index (χ2v) is 6.30. The number of rotatable bonds is 7. The first kappa shape index (κ1) is 16.4. The Hall–Kier alpha value is -2.49. The summed E-state index contributed by atoms with van der Waals surface area (Å²) in [5, 5.41) is 2.80. The number of amides is 1. The molecule has 0 saturated heterocycles. The van der Waals surface area contributed by atoms with Crippen LogP contribution < -0.4 is 10.1 Å². The fraction of sp³-hybridized carbons (Fsp3) is 0.350. The van der Waals surface area contributed by atoms with Crippen LogP contribution in [-0.4, -0.2) is 19.1 Å². The molecule has 2 atom stereocenters. The van der Waals surface area contributed by atoms with Crippen LogP contribution in [-0.2, 0) is 4.79 Å². The highest BCUT2D eigenvalue weighted by Crippen LogP contribution is 2.47. The molecule has 1 heterocycles. The van der Waals surface area contributed by atoms with Crippen molar-refractivity contribution in [2.45, 2.75) is 26.2 Å². The minimum atomic E-state index is -0.152. The van der Waals surface area contributed by atoms with Crippen LogP contribution in [0.15, 0.2) is 46.9 Å². The van der Waals surface area contributed by atoms with E-state index in [1.807, 2.05) is 43.3 Å². The molecular weight excluding hydrogens is 302 g/mol. The predicted molar refractivity (Wildman–Crippen MR) is 93.9 cm³/mol. The second-order valence-electron chi connectivity index (χ2n) is 6.30. The van der Waals surface area contributed by atoms with E-state index in [1.54, 1.807) is 6.08 Å². The van der Waals surface area contributed by atoms with Gasteiger partial charge in [-0.3, -0.25) is 4.79 Å². The largest absolute Gasteiger partial charge is 0.491 e. The Balaban J connectivity index is 1.39. The van der Waals surface area contributed by atoms with Crippen LogP contribution in [0.2, 0.25) is 0 Å². The zero-order chi connectivity index (χ0) is 16.9. The van der Waals surface area contributed by atoms with Gasteiger partial charge in [-0.15, -0.1) is 0 Å². The average molecular weight is 325 g/mol. The molecule has 0 radical (unpaired) electrons. The normalized spacial score (nSPS) is 19.4. The molecule has 4 nitrogen and oxygen atoms in total. The summed E-state index contributed by atoms with van der Waals surface area (Å²) >= 11 is 0. The Bertz CT molecular complexity index is 732. The lowest BCUT2D eigenvalue weighted by Crippen LogP contribution is -2.26. The highest BCUT2D eigenvalue weighted by Gasteiger charge is 2.36. The lowest BCUT2D eigenvalue weighted by Gasteiger charge is -2.08. The van der Waals surface area contributed by atoms with Gasteiger partial charge < -0.3 is 14.5 Å². The highest BCUT2D eigenvalue weighted by molar-refractivity contribution is 5.91. The van der Waals surface area contributed by atoms with E-state index in [0.717, 1.165) is 22.8 Å². The van der Waals surface area contributed by atoms with E-state index >= 15 is 0 Å². The highest BCUT2D eigenvalue weighted by atomic mass is 16.5. The van der Waals surface area contributed by atoms with E-state index in [2.05, 4.69) is 12.2 Å². The lowest BCUT2D eigenvalue weighted by atomic mass is 10.2. The van der Waals surface area contributed by atoms with Crippen molar-refractivity contribution in [3.05, 3.63) is 59.6 Å². The summed E-state index contributed by atoms with van der Waals surface area (Å²) in [5.74, 6) is 3.70. The van der Waals surface area contributed by atoms with Crippen molar-refractivity contribution in [1.82, 2.24) is 5.32 Å². The van der Waals surface area contributed by atoms with Crippen LogP contribution in [0.4, 0.5) is 0 Å². The van der Waals surface area contributed by atoms with E-state index < -0.39 is 0 Å². The molecule has 1 N–H and O–H groups in total. The third-order valence-corrected chi connectivity index (χ3v) is 4.27. The Morgan fingerprint density at radius 2 is 2.12 bits per heavy atom. The maximum absolute atomic E-state index is 11.8. The molecule has 0 spiro atoms. The first-order chi connectivity index (χ1) is 11.6. The molecule has 1 saturated carbocycles. The maximum atomic E-state index is 11.8. The Kier molecular flexibility index (Phi) is 5.04. The summed E-state index contributed by atoms with van der Waals surface area (Å²) < 4.78 is 11.4. The van der Waals surface area contributed by atoms with Gasteiger partial charge in [-0.1, -0.05) is 25.1 Å². The molecule has 1 aromatic carbocycles. The quantitative estimate of drug-likeness (QED) is 0.620. The van der Waals surface area contributed by atoms with E-state index in [9.17, 15) is 4.79 Å². The Labute approximate surface area is 142 Å². The Morgan fingerprint density at radius 3 is 2.88 bits per heavy atom. The number of benzene rings is 1. The van der Waals surface area contributed by atoms with Gasteiger partial charge in [-0.2, -0.15) is 0 Å². The van der Waals surface area contributed by atoms with Crippen molar-refractivity contribution in [2.75, 3.05) is 13.2 Å². The van der Waals surface area contributed by atoms with Gasteiger partial charge in [0.25, 0.3) is 0 Å². The van der Waals surface area contributed by atoms with Crippen LogP contribution in [0.25, 0.3) is 6.08 Å². The number of para-hydroxylation sites is 1. The first-order valence-corrected chi connectivity index (χ1v) is 8.37. The zero-order valence-electron chi connectivity index (χ0n) is 14.1. The topological polar surface area (TPSA) is 51.5 Å². The number of hydrogen-bond donors (Lipinski definition) is 1. The minimum Gasteiger partial charge on any atom is -0.491 e. The molecule has 2 unspecified atom stereocenters. The fourth-order valence-electron chi connectivity index (χ4n) is 2.65. The van der Waals surface area contributed by atoms with Crippen LogP contribution in [0.5, 0.6) is 5.75 Å². The number of ether oxygens (including phenoxy) is 1. The molecule has 1 aromatic heterocycles. The number of nitrogens with one attached hydrogen (secondary N) is 1. The summed E-state index contributed by atoms with van der Waals surface area (Å²) in [6.45, 7) is 5.11. The van der Waals surface area contributed by atoms with Crippen LogP contribution in [0, 0.1) is 12.8 Å². The molecule has 126 valence electrons. The summed E-state index contributed by atoms with van der Waals surface area (Å²) in [4.78, 5) is 11.8. The van der Waals surface area contributed by atoms with Crippen molar-refractivity contribution >= 4 is 12.0 Å². The van der Waals surface area contributed by atoms with Crippen LogP contribution in [0.3, 0.4) is 0 Å². The van der Waals surface area contributed by atoms with Crippen molar-refractivity contribution in [2.24, 2.45) is 5.92 Å². The summed E-state index contributed by atoms with van der Waals surface area (Å²) in [7, 11) is 0. The van der Waals surface area contributed by atoms with E-state index in [0.29, 0.717) is 25.0 Å². The lowest BCUT2D eigenvalue weighted by molar-refractivity contribution is -0.116. The van der Waals surface area contributed by atoms with Gasteiger partial charge in [0.2, 0.25) is 5.91 Å². The smallest absolute Gasteiger partial charge is 0.244 e. The summed E-state index contributed by atoms with van der Waals surface area (Å²) in [6.07, 6.45) is 4.39. The molecule has 0 aliphatic heterocycles. The standard InChI is InChI=1S/C20H23NO3/c1-14-5-3-4-6-18(14)23-12-11-21-20(22)10-8-16-7-9-19(24-16)17-13-15(17)2/h3-10,15,17H,11-13H2,1-2H3,(H,21,22). The number of carbonyl (C=O) groups is 1. The summed E-state index contributed by atoms with van der Waals surface area (Å²) in [5.41, 5.74) is 1.09. The summed E-state index contributed by atoms with van der Waals surface area (Å²) in [6, 6.07) is 11.7. The van der Waals surface area contributed by atoms with E-state index in [1.165, 1.54) is 12.5 Å². The molecule has 2 aromatic rings. The van der Waals surface area contributed by atoms with E-state index in [4.69, 9.17) is 9.15 Å². The van der Waals surface area contributed by atoms with Gasteiger partial charge in [-0.05, 0) is 49.1 Å². The second kappa shape index (κ2) is 7.39. The van der Waals surface area contributed by atoms with Gasteiger partial charge in [0.1, 0.15) is 23.9 Å². The molecule has 1 aliphatic rings. The molecule has 4 heteroatoms. The fourth-order valence-corrected chi connectivity index (χ4v) is 2.65. The SMILES string of the molecule is Cc1ccccc1OCCNC(=O)C=Cc1ccc(C2CC2C)o1. The molecule has 1 aliphatic carbocycles. The van der Waals surface area contributed by atoms with Gasteiger partial charge in [0, 0.05) is 12.0 Å². The van der Waals surface area contributed by atoms with Crippen molar-refractivity contribution in [1.29, 1.82) is 0 Å². The number of furan rings is 1. The van der Waals surface area contributed by atoms with Gasteiger partial charge in [-0.25, -0.2) is 0 Å². The van der Waals surface area contributed by atoms with Gasteiger partial charge >= 0.3 is 0 Å². The average Bonchev–Trinajstić information content (AvgIpc) is 3.12. The third-order valence-electron chi connectivity index (χ3n) is 4.27. The monoisotopic (exact) mass is 325 g/mol. The molecule has 3 rings (SSSR count). The molecule has 1 fully saturated rings. The molecular formula is C20H23NO3. The van der Waals surface area contributed by atoms with Crippen molar-refractivity contribution in [3.8, 4) is 5.75 Å². The predicted octanol–water partition coefficient (Wildman–Crippen LogP) is 3.92. The van der Waals surface area contributed by atoms with E-state index in [-0.39, 0.29) is 5.91 Å². The number of carbonyl (C=O) groups excluding carboxylic acids is 1. The molecule has 1 amide bonds. The van der Waals surface area contributed by atoms with Crippen LogP contribution in [0.1, 0.15) is 36.3 Å². The van der Waals surface area contributed by atoms with Gasteiger partial charge in [0.15, 0.2) is 0 Å². The van der Waals surface area contributed by atoms with Crippen LogP contribution >= 0.6 is 0 Å². The molecule has 0 bridgehead atoms. The minimum absolute atomic E-state index is 0.152. The van der Waals surface area contributed by atoms with Crippen molar-refractivity contribution in [3.63, 3.8) is 0 Å². The first-order valence-electron chi connectivity index (χ1n) is 8.37. The van der Waals surface area contributed by atoms with Crippen molar-refractivity contribution < 1.29 is 13.9 Å². The number of hydrogen-bond acceptors (Lipinski definition) is 3. The number of aryl methyl sites for hydroxylation is 1. The third kappa shape index (κ3) is 4.28. The Morgan fingerprint density at radius 1 is 1.33 bits per heavy atom.